The van der Waals surface area contributed by atoms with Gasteiger partial charge in [-0.3, -0.25) is 4.79 Å². The molecule has 2 aliphatic heterocycles. The Morgan fingerprint density at radius 1 is 1.33 bits per heavy atom. The molecule has 1 saturated heterocycles. The van der Waals surface area contributed by atoms with Gasteiger partial charge in [0.15, 0.2) is 0 Å². The highest BCUT2D eigenvalue weighted by molar-refractivity contribution is 5.97. The summed E-state index contributed by atoms with van der Waals surface area (Å²) in [6, 6.07) is 7.36. The number of hydrogen-bond donors (Lipinski definition) is 0. The van der Waals surface area contributed by atoms with Crippen molar-refractivity contribution in [2.75, 3.05) is 32.9 Å². The summed E-state index contributed by atoms with van der Waals surface area (Å²) in [5.74, 6) is 0.554. The van der Waals surface area contributed by atoms with E-state index in [4.69, 9.17) is 14.2 Å². The van der Waals surface area contributed by atoms with Crippen molar-refractivity contribution in [2.45, 2.75) is 32.1 Å². The molecule has 0 N–H and O–H groups in total. The Kier molecular flexibility index (Phi) is 5.35. The van der Waals surface area contributed by atoms with E-state index in [-0.39, 0.29) is 18.1 Å². The lowest BCUT2D eigenvalue weighted by Gasteiger charge is -2.41. The van der Waals surface area contributed by atoms with E-state index in [1.54, 1.807) is 6.20 Å². The number of aromatic nitrogens is 3. The first-order valence-electron chi connectivity index (χ1n) is 9.37. The molecular formula is C19H24N4O4. The predicted octanol–water partition coefficient (Wildman–Crippen LogP) is 1.68. The van der Waals surface area contributed by atoms with Crippen molar-refractivity contribution >= 4 is 5.91 Å². The van der Waals surface area contributed by atoms with Crippen molar-refractivity contribution in [1.29, 1.82) is 0 Å². The number of carbonyl (C=O) groups excluding carboxylic acids is 1. The molecule has 0 unspecified atom stereocenters. The largest absolute Gasteiger partial charge is 0.490 e. The van der Waals surface area contributed by atoms with Crippen LogP contribution in [-0.2, 0) is 16.1 Å². The normalized spacial score (nSPS) is 21.4. The Morgan fingerprint density at radius 3 is 3.11 bits per heavy atom. The smallest absolute Gasteiger partial charge is 0.257 e. The number of rotatable bonds is 6. The Labute approximate surface area is 158 Å². The van der Waals surface area contributed by atoms with Crippen LogP contribution < -0.4 is 4.74 Å². The van der Waals surface area contributed by atoms with Gasteiger partial charge in [-0.1, -0.05) is 17.3 Å². The van der Waals surface area contributed by atoms with E-state index in [0.717, 1.165) is 12.1 Å². The third-order valence-corrected chi connectivity index (χ3v) is 5.02. The molecular weight excluding hydrogens is 348 g/mol. The van der Waals surface area contributed by atoms with Gasteiger partial charge in [0, 0.05) is 19.7 Å². The molecule has 0 radical (unpaired) electrons. The topological polar surface area (TPSA) is 78.7 Å². The minimum absolute atomic E-state index is 0.0000141. The maximum absolute atomic E-state index is 13.2. The van der Waals surface area contributed by atoms with Gasteiger partial charge >= 0.3 is 0 Å². The molecule has 1 amide bonds. The molecule has 2 atom stereocenters. The molecule has 8 nitrogen and oxygen atoms in total. The summed E-state index contributed by atoms with van der Waals surface area (Å²) in [6.07, 6.45) is 2.57. The number of carbonyl (C=O) groups is 1. The van der Waals surface area contributed by atoms with E-state index < -0.39 is 0 Å². The number of nitrogens with zero attached hydrogens (tertiary/aromatic N) is 4. The highest BCUT2D eigenvalue weighted by Crippen LogP contribution is 2.31. The van der Waals surface area contributed by atoms with Gasteiger partial charge in [0.25, 0.3) is 5.91 Å². The lowest BCUT2D eigenvalue weighted by atomic mass is 9.99. The minimum atomic E-state index is -0.0345. The van der Waals surface area contributed by atoms with Gasteiger partial charge in [0.2, 0.25) is 0 Å². The maximum atomic E-state index is 13.2. The van der Waals surface area contributed by atoms with E-state index in [1.807, 2.05) is 40.8 Å². The lowest BCUT2D eigenvalue weighted by Crippen LogP contribution is -2.50. The third-order valence-electron chi connectivity index (χ3n) is 5.02. The van der Waals surface area contributed by atoms with E-state index in [0.29, 0.717) is 50.8 Å². The van der Waals surface area contributed by atoms with Gasteiger partial charge in [-0.2, -0.15) is 0 Å². The highest BCUT2D eigenvalue weighted by atomic mass is 16.5. The monoisotopic (exact) mass is 372 g/mol. The van der Waals surface area contributed by atoms with Crippen LogP contribution in [0.15, 0.2) is 30.5 Å². The molecule has 27 heavy (non-hydrogen) atoms. The molecule has 3 heterocycles. The number of para-hydroxylation sites is 1. The molecule has 1 aromatic heterocycles. The SMILES string of the molecule is CCOCCOc1ccccc1C(=O)N1CC[C@@H]2OCc3cnnn3[C@H]2C1. The van der Waals surface area contributed by atoms with Gasteiger partial charge in [0.1, 0.15) is 12.4 Å². The second-order valence-electron chi connectivity index (χ2n) is 6.67. The first-order valence-corrected chi connectivity index (χ1v) is 9.37. The van der Waals surface area contributed by atoms with Gasteiger partial charge in [-0.25, -0.2) is 4.68 Å². The van der Waals surface area contributed by atoms with Crippen molar-refractivity contribution in [2.24, 2.45) is 0 Å². The number of benzene rings is 1. The van der Waals surface area contributed by atoms with Crippen molar-refractivity contribution in [3.05, 3.63) is 41.7 Å². The first kappa shape index (κ1) is 17.9. The van der Waals surface area contributed by atoms with Gasteiger partial charge in [-0.05, 0) is 25.5 Å². The second-order valence-corrected chi connectivity index (χ2v) is 6.67. The summed E-state index contributed by atoms with van der Waals surface area (Å²) in [5, 5.41) is 8.18. The van der Waals surface area contributed by atoms with E-state index in [1.165, 1.54) is 0 Å². The van der Waals surface area contributed by atoms with Crippen LogP contribution in [0.25, 0.3) is 0 Å². The standard InChI is InChI=1S/C19H24N4O4/c1-2-25-9-10-26-17-6-4-3-5-15(17)19(24)22-8-7-18-16(12-22)23-14(13-27-18)11-20-21-23/h3-6,11,16,18H,2,7-10,12-13H2,1H3/t16-,18-/m0/s1. The number of fused-ring (bicyclic) bond motifs is 3. The average molecular weight is 372 g/mol. The predicted molar refractivity (Wildman–Crippen MR) is 96.6 cm³/mol. The van der Waals surface area contributed by atoms with Crippen LogP contribution in [0, 0.1) is 0 Å². The first-order chi connectivity index (χ1) is 13.3. The zero-order chi connectivity index (χ0) is 18.6. The van der Waals surface area contributed by atoms with Crippen LogP contribution in [0.4, 0.5) is 0 Å². The molecule has 0 saturated carbocycles. The zero-order valence-electron chi connectivity index (χ0n) is 15.4. The summed E-state index contributed by atoms with van der Waals surface area (Å²) < 4.78 is 18.9. The molecule has 0 bridgehead atoms. The molecule has 144 valence electrons. The van der Waals surface area contributed by atoms with Gasteiger partial charge in [-0.15, -0.1) is 5.10 Å². The van der Waals surface area contributed by atoms with Crippen LogP contribution in [0.2, 0.25) is 0 Å². The molecule has 4 rings (SSSR count). The number of likely N-dealkylation sites (tertiary alicyclic amines) is 1. The van der Waals surface area contributed by atoms with Crippen LogP contribution in [0.5, 0.6) is 5.75 Å². The van der Waals surface area contributed by atoms with Crippen LogP contribution >= 0.6 is 0 Å². The van der Waals surface area contributed by atoms with Crippen molar-refractivity contribution in [3.63, 3.8) is 0 Å². The molecule has 2 aliphatic rings. The van der Waals surface area contributed by atoms with Crippen LogP contribution in [-0.4, -0.2) is 64.8 Å². The summed E-state index contributed by atoms with van der Waals surface area (Å²) in [5.41, 5.74) is 1.52. The Balaban J connectivity index is 1.48. The number of amides is 1. The number of piperidine rings is 1. The Bertz CT molecular complexity index is 794. The molecule has 0 aliphatic carbocycles. The minimum Gasteiger partial charge on any atom is -0.490 e. The van der Waals surface area contributed by atoms with Crippen molar-refractivity contribution in [1.82, 2.24) is 19.9 Å². The fourth-order valence-corrected chi connectivity index (χ4v) is 3.66. The fraction of sp³-hybridized carbons (Fsp3) is 0.526. The van der Waals surface area contributed by atoms with Crippen molar-refractivity contribution in [3.8, 4) is 5.75 Å². The van der Waals surface area contributed by atoms with E-state index >= 15 is 0 Å². The molecule has 0 spiro atoms. The average Bonchev–Trinajstić information content (AvgIpc) is 3.20. The Hall–Kier alpha value is -2.45. The van der Waals surface area contributed by atoms with Crippen LogP contribution in [0.1, 0.15) is 35.4 Å². The van der Waals surface area contributed by atoms with Gasteiger partial charge < -0.3 is 19.1 Å². The van der Waals surface area contributed by atoms with Gasteiger partial charge in [0.05, 0.1) is 42.8 Å². The maximum Gasteiger partial charge on any atom is 0.257 e. The molecule has 1 aromatic carbocycles. The van der Waals surface area contributed by atoms with Crippen molar-refractivity contribution < 1.29 is 19.0 Å². The molecule has 1 fully saturated rings. The third kappa shape index (κ3) is 3.68. The summed E-state index contributed by atoms with van der Waals surface area (Å²) in [4.78, 5) is 15.0. The summed E-state index contributed by atoms with van der Waals surface area (Å²) in [7, 11) is 0. The molecule has 8 heteroatoms. The molecule has 2 aromatic rings. The quantitative estimate of drug-likeness (QED) is 0.718. The zero-order valence-corrected chi connectivity index (χ0v) is 15.4. The van der Waals surface area contributed by atoms with Crippen LogP contribution in [0.3, 0.4) is 0 Å². The highest BCUT2D eigenvalue weighted by Gasteiger charge is 2.38. The summed E-state index contributed by atoms with van der Waals surface area (Å²) in [6.45, 7) is 5.23. The summed E-state index contributed by atoms with van der Waals surface area (Å²) >= 11 is 0. The second kappa shape index (κ2) is 8.06. The Morgan fingerprint density at radius 2 is 2.22 bits per heavy atom. The number of hydrogen-bond acceptors (Lipinski definition) is 6. The fourth-order valence-electron chi connectivity index (χ4n) is 3.66. The lowest BCUT2D eigenvalue weighted by molar-refractivity contribution is -0.0605. The van der Waals surface area contributed by atoms with E-state index in [9.17, 15) is 4.79 Å². The number of ether oxygens (including phenoxy) is 3. The van der Waals surface area contributed by atoms with E-state index in [2.05, 4.69) is 10.3 Å².